The third kappa shape index (κ3) is 3.87. The number of anilines is 1. The van der Waals surface area contributed by atoms with Crippen LogP contribution in [-0.4, -0.2) is 38.2 Å². The molecule has 1 heterocycles. The minimum Gasteiger partial charge on any atom is -0.497 e. The molecule has 1 aromatic carbocycles. The van der Waals surface area contributed by atoms with Crippen LogP contribution in [0.4, 0.5) is 5.69 Å². The number of nitrogens with one attached hydrogen (secondary N) is 1. The Labute approximate surface area is 115 Å². The van der Waals surface area contributed by atoms with Crippen LogP contribution in [-0.2, 0) is 0 Å². The average molecular weight is 259 g/mol. The maximum absolute atomic E-state index is 9.09. The Kier molecular flexibility index (Phi) is 5.05. The van der Waals surface area contributed by atoms with Crippen molar-refractivity contribution in [3.05, 3.63) is 23.8 Å². The van der Waals surface area contributed by atoms with Gasteiger partial charge in [0, 0.05) is 19.2 Å². The van der Waals surface area contributed by atoms with E-state index in [2.05, 4.69) is 16.3 Å². The van der Waals surface area contributed by atoms with Crippen LogP contribution in [0.5, 0.6) is 5.75 Å². The first-order valence-electron chi connectivity index (χ1n) is 6.88. The van der Waals surface area contributed by atoms with Gasteiger partial charge in [0.05, 0.1) is 18.4 Å². The first-order chi connectivity index (χ1) is 9.33. The Hall–Kier alpha value is -1.73. The highest BCUT2D eigenvalue weighted by molar-refractivity contribution is 5.60. The third-order valence-electron chi connectivity index (χ3n) is 3.54. The quantitative estimate of drug-likeness (QED) is 0.882. The van der Waals surface area contributed by atoms with Gasteiger partial charge in [0.1, 0.15) is 11.8 Å². The molecule has 4 heteroatoms. The minimum atomic E-state index is 0.666. The molecule has 2 rings (SSSR count). The number of methoxy groups -OCH3 is 1. The standard InChI is InChI=1S/C15H21N3O/c1-19-14-6-5-13(12-16)15(11-14)17-7-10-18-8-3-2-4-9-18/h5-6,11,17H,2-4,7-10H2,1H3. The lowest BCUT2D eigenvalue weighted by molar-refractivity contribution is 0.237. The Bertz CT molecular complexity index is 447. The number of nitrogens with zero attached hydrogens (tertiary/aromatic N) is 2. The van der Waals surface area contributed by atoms with E-state index < -0.39 is 0 Å². The zero-order valence-electron chi connectivity index (χ0n) is 11.5. The summed E-state index contributed by atoms with van der Waals surface area (Å²) in [5.74, 6) is 0.777. The van der Waals surface area contributed by atoms with Crippen LogP contribution in [0.15, 0.2) is 18.2 Å². The van der Waals surface area contributed by atoms with Gasteiger partial charge in [-0.05, 0) is 38.1 Å². The van der Waals surface area contributed by atoms with Gasteiger partial charge in [-0.25, -0.2) is 0 Å². The molecule has 0 spiro atoms. The summed E-state index contributed by atoms with van der Waals surface area (Å²) < 4.78 is 5.19. The van der Waals surface area contributed by atoms with Crippen LogP contribution in [0, 0.1) is 11.3 Å². The Morgan fingerprint density at radius 3 is 2.79 bits per heavy atom. The maximum Gasteiger partial charge on any atom is 0.121 e. The molecular formula is C15H21N3O. The van der Waals surface area contributed by atoms with Crippen molar-refractivity contribution in [2.45, 2.75) is 19.3 Å². The van der Waals surface area contributed by atoms with Gasteiger partial charge in [0.2, 0.25) is 0 Å². The van der Waals surface area contributed by atoms with Crippen LogP contribution in [0.2, 0.25) is 0 Å². The second-order valence-electron chi connectivity index (χ2n) is 4.85. The Morgan fingerprint density at radius 2 is 2.11 bits per heavy atom. The maximum atomic E-state index is 9.09. The molecule has 1 fully saturated rings. The molecular weight excluding hydrogens is 238 g/mol. The lowest BCUT2D eigenvalue weighted by Crippen LogP contribution is -2.33. The number of ether oxygens (including phenoxy) is 1. The third-order valence-corrected chi connectivity index (χ3v) is 3.54. The number of rotatable bonds is 5. The van der Waals surface area contributed by atoms with Crippen molar-refractivity contribution in [3.8, 4) is 11.8 Å². The zero-order valence-corrected chi connectivity index (χ0v) is 11.5. The molecule has 1 saturated heterocycles. The normalized spacial score (nSPS) is 15.8. The largest absolute Gasteiger partial charge is 0.497 e. The number of piperidine rings is 1. The summed E-state index contributed by atoms with van der Waals surface area (Å²) in [6.45, 7) is 4.29. The fourth-order valence-electron chi connectivity index (χ4n) is 2.43. The first kappa shape index (κ1) is 13.7. The highest BCUT2D eigenvalue weighted by Gasteiger charge is 2.09. The van der Waals surface area contributed by atoms with Crippen LogP contribution in [0.25, 0.3) is 0 Å². The molecule has 0 bridgehead atoms. The van der Waals surface area contributed by atoms with E-state index in [0.29, 0.717) is 5.56 Å². The molecule has 4 nitrogen and oxygen atoms in total. The monoisotopic (exact) mass is 259 g/mol. The highest BCUT2D eigenvalue weighted by atomic mass is 16.5. The van der Waals surface area contributed by atoms with Gasteiger partial charge in [-0.3, -0.25) is 0 Å². The summed E-state index contributed by atoms with van der Waals surface area (Å²) in [6.07, 6.45) is 3.98. The molecule has 102 valence electrons. The number of nitriles is 1. The smallest absolute Gasteiger partial charge is 0.121 e. The summed E-state index contributed by atoms with van der Waals surface area (Å²) in [5, 5.41) is 12.4. The second kappa shape index (κ2) is 7.01. The Morgan fingerprint density at radius 1 is 1.32 bits per heavy atom. The molecule has 0 aliphatic carbocycles. The number of benzene rings is 1. The zero-order chi connectivity index (χ0) is 13.5. The van der Waals surface area contributed by atoms with Crippen LogP contribution < -0.4 is 10.1 Å². The number of hydrogen-bond donors (Lipinski definition) is 1. The molecule has 0 aromatic heterocycles. The lowest BCUT2D eigenvalue weighted by atomic mass is 10.1. The van der Waals surface area contributed by atoms with E-state index in [1.165, 1.54) is 32.4 Å². The fraction of sp³-hybridized carbons (Fsp3) is 0.533. The topological polar surface area (TPSA) is 48.3 Å². The van der Waals surface area contributed by atoms with Crippen LogP contribution >= 0.6 is 0 Å². The van der Waals surface area contributed by atoms with Crippen LogP contribution in [0.1, 0.15) is 24.8 Å². The van der Waals surface area contributed by atoms with Crippen molar-refractivity contribution >= 4 is 5.69 Å². The molecule has 1 aromatic rings. The molecule has 1 aliphatic rings. The van der Waals surface area contributed by atoms with Crippen molar-refractivity contribution in [1.82, 2.24) is 4.90 Å². The van der Waals surface area contributed by atoms with E-state index in [1.54, 1.807) is 13.2 Å². The molecule has 0 radical (unpaired) electrons. The molecule has 0 unspecified atom stereocenters. The van der Waals surface area contributed by atoms with E-state index in [9.17, 15) is 0 Å². The molecule has 0 amide bonds. The predicted molar refractivity (Wildman–Crippen MR) is 76.5 cm³/mol. The molecule has 19 heavy (non-hydrogen) atoms. The minimum absolute atomic E-state index is 0.666. The number of likely N-dealkylation sites (tertiary alicyclic amines) is 1. The molecule has 0 saturated carbocycles. The van der Waals surface area contributed by atoms with E-state index >= 15 is 0 Å². The highest BCUT2D eigenvalue weighted by Crippen LogP contribution is 2.21. The number of hydrogen-bond acceptors (Lipinski definition) is 4. The van der Waals surface area contributed by atoms with Gasteiger partial charge < -0.3 is 15.0 Å². The van der Waals surface area contributed by atoms with Gasteiger partial charge in [0.25, 0.3) is 0 Å². The van der Waals surface area contributed by atoms with E-state index in [4.69, 9.17) is 10.00 Å². The van der Waals surface area contributed by atoms with Gasteiger partial charge in [0.15, 0.2) is 0 Å². The van der Waals surface area contributed by atoms with Gasteiger partial charge >= 0.3 is 0 Å². The van der Waals surface area contributed by atoms with Gasteiger partial charge in [-0.15, -0.1) is 0 Å². The van der Waals surface area contributed by atoms with Crippen molar-refractivity contribution in [2.75, 3.05) is 38.6 Å². The Balaban J connectivity index is 1.89. The lowest BCUT2D eigenvalue weighted by Gasteiger charge is -2.26. The molecule has 1 aliphatic heterocycles. The summed E-state index contributed by atoms with van der Waals surface area (Å²) in [4.78, 5) is 2.47. The van der Waals surface area contributed by atoms with Crippen LogP contribution in [0.3, 0.4) is 0 Å². The molecule has 1 N–H and O–H groups in total. The predicted octanol–water partition coefficient (Wildman–Crippen LogP) is 2.46. The van der Waals surface area contributed by atoms with Crippen molar-refractivity contribution in [3.63, 3.8) is 0 Å². The molecule has 0 atom stereocenters. The van der Waals surface area contributed by atoms with Gasteiger partial charge in [-0.2, -0.15) is 5.26 Å². The first-order valence-corrected chi connectivity index (χ1v) is 6.88. The van der Waals surface area contributed by atoms with E-state index in [1.807, 2.05) is 12.1 Å². The summed E-state index contributed by atoms with van der Waals surface area (Å²) in [7, 11) is 1.64. The SMILES string of the molecule is COc1ccc(C#N)c(NCCN2CCCCC2)c1. The fourth-order valence-corrected chi connectivity index (χ4v) is 2.43. The van der Waals surface area contributed by atoms with Gasteiger partial charge in [-0.1, -0.05) is 6.42 Å². The van der Waals surface area contributed by atoms with Crippen molar-refractivity contribution in [2.24, 2.45) is 0 Å². The van der Waals surface area contributed by atoms with E-state index in [-0.39, 0.29) is 0 Å². The summed E-state index contributed by atoms with van der Waals surface area (Å²) in [5.41, 5.74) is 1.53. The summed E-state index contributed by atoms with van der Waals surface area (Å²) in [6, 6.07) is 7.69. The average Bonchev–Trinajstić information content (AvgIpc) is 2.48. The van der Waals surface area contributed by atoms with Crippen molar-refractivity contribution in [1.29, 1.82) is 5.26 Å². The van der Waals surface area contributed by atoms with Crippen molar-refractivity contribution < 1.29 is 4.74 Å². The summed E-state index contributed by atoms with van der Waals surface area (Å²) >= 11 is 0. The van der Waals surface area contributed by atoms with E-state index in [0.717, 1.165) is 24.5 Å². The second-order valence-corrected chi connectivity index (χ2v) is 4.85.